The standard InChI is InChI=1S/C35H45N5O6S/c1-21-28(47-20-38-21)24-12-8-22(9-13-24)17-36-31(43)27-16-26(41)19-40(27)32(44)29(34(2,3)4)39-30(42)25-14-10-23(11-15-25)18-37-33(45)46-35(5,6)7/h8-15,20,26-27,29,41H,16-19H2,1-7H3,(H,36,43)(H,37,45)(H,39,42)/t26-,27+,29-/m1/s1. The van der Waals surface area contributed by atoms with Crippen LogP contribution < -0.4 is 16.0 Å². The van der Waals surface area contributed by atoms with E-state index in [9.17, 15) is 24.3 Å². The number of aliphatic hydroxyl groups is 1. The number of rotatable bonds is 9. The first-order chi connectivity index (χ1) is 22.0. The number of carbonyl (C=O) groups excluding carboxylic acids is 4. The average molecular weight is 664 g/mol. The van der Waals surface area contributed by atoms with Gasteiger partial charge in [-0.1, -0.05) is 57.2 Å². The van der Waals surface area contributed by atoms with Crippen LogP contribution in [-0.4, -0.2) is 69.1 Å². The van der Waals surface area contributed by atoms with Crippen LogP contribution in [0.25, 0.3) is 10.4 Å². The SMILES string of the molecule is Cc1ncsc1-c1ccc(CNC(=O)[C@@H]2C[C@@H](O)CN2C(=O)[C@@H](NC(=O)c2ccc(CNC(=O)OC(C)(C)C)cc2)C(C)(C)C)cc1. The minimum Gasteiger partial charge on any atom is -0.444 e. The van der Waals surface area contributed by atoms with E-state index in [2.05, 4.69) is 20.9 Å². The highest BCUT2D eigenvalue weighted by molar-refractivity contribution is 7.13. The molecule has 0 aliphatic carbocycles. The molecule has 0 unspecified atom stereocenters. The monoisotopic (exact) mass is 663 g/mol. The number of alkyl carbamates (subject to hydrolysis) is 1. The molecule has 0 spiro atoms. The molecule has 47 heavy (non-hydrogen) atoms. The zero-order chi connectivity index (χ0) is 34.5. The Morgan fingerprint density at radius 2 is 1.55 bits per heavy atom. The van der Waals surface area contributed by atoms with Gasteiger partial charge in [-0.05, 0) is 61.9 Å². The van der Waals surface area contributed by atoms with Crippen LogP contribution >= 0.6 is 11.3 Å². The van der Waals surface area contributed by atoms with Crippen LogP contribution in [0.15, 0.2) is 54.0 Å². The second-order valence-electron chi connectivity index (χ2n) is 13.9. The molecule has 0 bridgehead atoms. The number of benzene rings is 2. The molecule has 12 heteroatoms. The molecule has 4 amide bonds. The van der Waals surface area contributed by atoms with E-state index in [0.717, 1.165) is 27.3 Å². The minimum absolute atomic E-state index is 0.0123. The van der Waals surface area contributed by atoms with E-state index >= 15 is 0 Å². The van der Waals surface area contributed by atoms with Crippen LogP contribution in [0.2, 0.25) is 0 Å². The number of nitrogens with zero attached hydrogens (tertiary/aromatic N) is 2. The second-order valence-corrected chi connectivity index (χ2v) is 14.8. The number of likely N-dealkylation sites (tertiary alicyclic amines) is 1. The van der Waals surface area contributed by atoms with Gasteiger partial charge in [0.25, 0.3) is 5.91 Å². The number of amides is 4. The summed E-state index contributed by atoms with van der Waals surface area (Å²) in [6.07, 6.45) is -1.30. The van der Waals surface area contributed by atoms with Crippen molar-refractivity contribution in [3.8, 4) is 10.4 Å². The van der Waals surface area contributed by atoms with Gasteiger partial charge in [0.1, 0.15) is 17.7 Å². The minimum atomic E-state index is -0.966. The number of hydrogen-bond donors (Lipinski definition) is 4. The van der Waals surface area contributed by atoms with Gasteiger partial charge >= 0.3 is 6.09 Å². The van der Waals surface area contributed by atoms with Gasteiger partial charge in [0.2, 0.25) is 11.8 Å². The zero-order valence-electron chi connectivity index (χ0n) is 28.0. The van der Waals surface area contributed by atoms with Crippen molar-refractivity contribution in [2.75, 3.05) is 6.54 Å². The highest BCUT2D eigenvalue weighted by Crippen LogP contribution is 2.28. The maximum Gasteiger partial charge on any atom is 0.407 e. The Labute approximate surface area is 280 Å². The van der Waals surface area contributed by atoms with Crippen molar-refractivity contribution in [3.63, 3.8) is 0 Å². The fourth-order valence-electron chi connectivity index (χ4n) is 5.26. The molecular formula is C35H45N5O6S. The smallest absolute Gasteiger partial charge is 0.407 e. The highest BCUT2D eigenvalue weighted by atomic mass is 32.1. The Kier molecular flexibility index (Phi) is 11.1. The number of aryl methyl sites for hydroxylation is 1. The van der Waals surface area contributed by atoms with E-state index in [-0.39, 0.29) is 32.0 Å². The quantitative estimate of drug-likeness (QED) is 0.262. The molecule has 11 nitrogen and oxygen atoms in total. The summed E-state index contributed by atoms with van der Waals surface area (Å²) in [5, 5.41) is 19.0. The third-order valence-electron chi connectivity index (χ3n) is 7.73. The average Bonchev–Trinajstić information content (AvgIpc) is 3.61. The molecule has 0 radical (unpaired) electrons. The lowest BCUT2D eigenvalue weighted by atomic mass is 9.85. The molecule has 4 rings (SSSR count). The van der Waals surface area contributed by atoms with Gasteiger partial charge in [-0.15, -0.1) is 11.3 Å². The predicted molar refractivity (Wildman–Crippen MR) is 180 cm³/mol. The van der Waals surface area contributed by atoms with Crippen LogP contribution in [0.5, 0.6) is 0 Å². The lowest BCUT2D eigenvalue weighted by molar-refractivity contribution is -0.142. The summed E-state index contributed by atoms with van der Waals surface area (Å²) < 4.78 is 5.25. The molecule has 1 aliphatic heterocycles. The third-order valence-corrected chi connectivity index (χ3v) is 8.71. The predicted octanol–water partition coefficient (Wildman–Crippen LogP) is 4.57. The van der Waals surface area contributed by atoms with Crippen LogP contribution in [0.1, 0.15) is 75.1 Å². The lowest BCUT2D eigenvalue weighted by Crippen LogP contribution is -2.57. The number of ether oxygens (including phenoxy) is 1. The first-order valence-corrected chi connectivity index (χ1v) is 16.5. The van der Waals surface area contributed by atoms with Crippen molar-refractivity contribution < 1.29 is 29.0 Å². The lowest BCUT2D eigenvalue weighted by Gasteiger charge is -2.35. The van der Waals surface area contributed by atoms with Gasteiger partial charge in [0.05, 0.1) is 22.2 Å². The normalized spacial score (nSPS) is 17.1. The van der Waals surface area contributed by atoms with E-state index in [0.29, 0.717) is 5.56 Å². The van der Waals surface area contributed by atoms with Crippen molar-refractivity contribution in [1.82, 2.24) is 25.8 Å². The molecule has 1 fully saturated rings. The fourth-order valence-corrected chi connectivity index (χ4v) is 6.07. The Hall–Kier alpha value is -4.29. The molecule has 1 aromatic heterocycles. The Balaban J connectivity index is 1.38. The van der Waals surface area contributed by atoms with Crippen molar-refractivity contribution in [3.05, 3.63) is 76.4 Å². The Bertz CT molecular complexity index is 1570. The number of nitrogens with one attached hydrogen (secondary N) is 3. The van der Waals surface area contributed by atoms with E-state index in [1.54, 1.807) is 56.4 Å². The highest BCUT2D eigenvalue weighted by Gasteiger charge is 2.44. The maximum atomic E-state index is 13.9. The molecule has 2 heterocycles. The molecular weight excluding hydrogens is 618 g/mol. The van der Waals surface area contributed by atoms with Gasteiger partial charge in [0, 0.05) is 31.6 Å². The van der Waals surface area contributed by atoms with E-state index in [1.165, 1.54) is 4.90 Å². The Morgan fingerprint density at radius 3 is 2.11 bits per heavy atom. The maximum absolute atomic E-state index is 13.9. The molecule has 252 valence electrons. The van der Waals surface area contributed by atoms with Crippen LogP contribution in [0.3, 0.4) is 0 Å². The number of hydrogen-bond acceptors (Lipinski definition) is 8. The summed E-state index contributed by atoms with van der Waals surface area (Å²) in [6.45, 7) is 13.3. The van der Waals surface area contributed by atoms with Crippen LogP contribution in [0, 0.1) is 12.3 Å². The summed E-state index contributed by atoms with van der Waals surface area (Å²) >= 11 is 1.57. The molecule has 1 saturated heterocycles. The van der Waals surface area contributed by atoms with Gasteiger partial charge in [-0.3, -0.25) is 14.4 Å². The van der Waals surface area contributed by atoms with Crippen molar-refractivity contribution in [2.24, 2.45) is 5.41 Å². The molecule has 2 aromatic carbocycles. The molecule has 3 atom stereocenters. The Morgan fingerprint density at radius 1 is 0.957 bits per heavy atom. The summed E-state index contributed by atoms with van der Waals surface area (Å²) in [4.78, 5) is 59.3. The summed E-state index contributed by atoms with van der Waals surface area (Å²) in [7, 11) is 0. The van der Waals surface area contributed by atoms with Crippen molar-refractivity contribution in [1.29, 1.82) is 0 Å². The number of aliphatic hydroxyl groups excluding tert-OH is 1. The van der Waals surface area contributed by atoms with Gasteiger partial charge in [-0.25, -0.2) is 9.78 Å². The molecule has 4 N–H and O–H groups in total. The zero-order valence-corrected chi connectivity index (χ0v) is 28.9. The number of aromatic nitrogens is 1. The second kappa shape index (κ2) is 14.6. The van der Waals surface area contributed by atoms with E-state index in [1.807, 2.05) is 57.5 Å². The van der Waals surface area contributed by atoms with Crippen LogP contribution in [-0.2, 0) is 27.4 Å². The first-order valence-electron chi connectivity index (χ1n) is 15.6. The summed E-state index contributed by atoms with van der Waals surface area (Å²) in [6, 6.07) is 12.7. The molecule has 0 saturated carbocycles. The topological polar surface area (TPSA) is 150 Å². The van der Waals surface area contributed by atoms with E-state index in [4.69, 9.17) is 4.74 Å². The van der Waals surface area contributed by atoms with Crippen LogP contribution in [0.4, 0.5) is 4.79 Å². The van der Waals surface area contributed by atoms with Gasteiger partial charge in [0.15, 0.2) is 0 Å². The van der Waals surface area contributed by atoms with Gasteiger partial charge < -0.3 is 30.7 Å². The fraction of sp³-hybridized carbons (Fsp3) is 0.457. The first kappa shape index (κ1) is 35.6. The molecule has 1 aliphatic rings. The van der Waals surface area contributed by atoms with Crippen molar-refractivity contribution >= 4 is 35.2 Å². The van der Waals surface area contributed by atoms with Crippen molar-refractivity contribution in [2.45, 2.75) is 91.8 Å². The van der Waals surface area contributed by atoms with E-state index < -0.39 is 47.1 Å². The summed E-state index contributed by atoms with van der Waals surface area (Å²) in [5.41, 5.74) is 4.51. The summed E-state index contributed by atoms with van der Waals surface area (Å²) in [5.74, 6) is -1.26. The number of carbonyl (C=O) groups is 4. The molecule has 3 aromatic rings. The number of β-amino-alcohol motifs (C(OH)–C–C–N with tert-alkyl or cyclic N) is 1. The largest absolute Gasteiger partial charge is 0.444 e. The van der Waals surface area contributed by atoms with Gasteiger partial charge in [-0.2, -0.15) is 0 Å². The number of thiazole rings is 1. The third kappa shape index (κ3) is 9.61.